The fraction of sp³-hybridized carbons (Fsp3) is 0.500. The minimum Gasteiger partial charge on any atom is -0.324 e. The van der Waals surface area contributed by atoms with Crippen molar-refractivity contribution in [3.63, 3.8) is 0 Å². The zero-order chi connectivity index (χ0) is 16.3. The molecule has 0 spiro atoms. The quantitative estimate of drug-likeness (QED) is 0.925. The molecule has 0 radical (unpaired) electrons. The highest BCUT2D eigenvalue weighted by molar-refractivity contribution is 7.91. The maximum atomic E-state index is 12.5. The third kappa shape index (κ3) is 3.73. The van der Waals surface area contributed by atoms with Gasteiger partial charge in [0.1, 0.15) is 0 Å². The first kappa shape index (κ1) is 16.7. The van der Waals surface area contributed by atoms with Gasteiger partial charge in [0.25, 0.3) is 0 Å². The van der Waals surface area contributed by atoms with Crippen LogP contribution in [0.4, 0.5) is 19.3 Å². The summed E-state index contributed by atoms with van der Waals surface area (Å²) in [5, 5.41) is 2.56. The van der Waals surface area contributed by atoms with Gasteiger partial charge in [-0.2, -0.15) is 8.78 Å². The number of carbonyl (C=O) groups excluding carboxylic acids is 1. The van der Waals surface area contributed by atoms with Crippen LogP contribution >= 0.6 is 0 Å². The number of anilines is 1. The molecule has 1 heterocycles. The molecule has 5 nitrogen and oxygen atoms in total. The predicted molar refractivity (Wildman–Crippen MR) is 78.6 cm³/mol. The van der Waals surface area contributed by atoms with Crippen LogP contribution in [0, 0.1) is 5.92 Å². The van der Waals surface area contributed by atoms with Crippen molar-refractivity contribution in [3.05, 3.63) is 24.3 Å². The molecule has 1 aromatic carbocycles. The van der Waals surface area contributed by atoms with Gasteiger partial charge in [-0.1, -0.05) is 13.0 Å². The largest absolute Gasteiger partial charge is 0.341 e. The van der Waals surface area contributed by atoms with E-state index in [2.05, 4.69) is 12.2 Å². The van der Waals surface area contributed by atoms with Crippen molar-refractivity contribution < 1.29 is 22.0 Å². The predicted octanol–water partition coefficient (Wildman–Crippen LogP) is 2.95. The Kier molecular flexibility index (Phi) is 5.00. The van der Waals surface area contributed by atoms with Crippen LogP contribution < -0.4 is 5.32 Å². The van der Waals surface area contributed by atoms with E-state index in [1.807, 2.05) is 0 Å². The zero-order valence-corrected chi connectivity index (χ0v) is 12.9. The van der Waals surface area contributed by atoms with E-state index in [4.69, 9.17) is 0 Å². The third-order valence-electron chi connectivity index (χ3n) is 3.59. The lowest BCUT2D eigenvalue weighted by Crippen LogP contribution is -2.41. The molecule has 1 unspecified atom stereocenters. The third-order valence-corrected chi connectivity index (χ3v) is 4.97. The summed E-state index contributed by atoms with van der Waals surface area (Å²) in [6.45, 7) is 3.31. The normalized spacial score (nSPS) is 19.3. The first-order chi connectivity index (χ1) is 10.3. The van der Waals surface area contributed by atoms with E-state index in [9.17, 15) is 22.0 Å². The first-order valence-corrected chi connectivity index (χ1v) is 8.53. The van der Waals surface area contributed by atoms with Crippen molar-refractivity contribution >= 4 is 21.6 Å². The van der Waals surface area contributed by atoms with Crippen LogP contribution in [0.3, 0.4) is 0 Å². The van der Waals surface area contributed by atoms with E-state index in [-0.39, 0.29) is 11.7 Å². The minimum absolute atomic E-state index is 0.185. The minimum atomic E-state index is -4.67. The smallest absolute Gasteiger partial charge is 0.324 e. The molecule has 22 heavy (non-hydrogen) atoms. The number of hydrogen-bond acceptors (Lipinski definition) is 3. The molecule has 1 aliphatic heterocycles. The van der Waals surface area contributed by atoms with E-state index in [0.29, 0.717) is 19.0 Å². The SMILES string of the molecule is CC1CCCN(C(=O)Nc2cccc(S(=O)(=O)C(F)F)c2)C1. The summed E-state index contributed by atoms with van der Waals surface area (Å²) in [5.41, 5.74) is 0.185. The molecule has 1 aromatic rings. The highest BCUT2D eigenvalue weighted by Crippen LogP contribution is 2.22. The van der Waals surface area contributed by atoms with Gasteiger partial charge in [0.05, 0.1) is 4.90 Å². The van der Waals surface area contributed by atoms with Crippen molar-refractivity contribution in [2.75, 3.05) is 18.4 Å². The number of nitrogens with one attached hydrogen (secondary N) is 1. The number of rotatable bonds is 3. The summed E-state index contributed by atoms with van der Waals surface area (Å²) < 4.78 is 48.0. The Morgan fingerprint density at radius 1 is 1.41 bits per heavy atom. The van der Waals surface area contributed by atoms with E-state index in [0.717, 1.165) is 25.0 Å². The maximum Gasteiger partial charge on any atom is 0.341 e. The number of amides is 2. The molecular formula is C14H18F2N2O3S. The van der Waals surface area contributed by atoms with Crippen molar-refractivity contribution in [1.82, 2.24) is 4.90 Å². The van der Waals surface area contributed by atoms with Crippen LogP contribution in [0.25, 0.3) is 0 Å². The molecule has 2 rings (SSSR count). The topological polar surface area (TPSA) is 66.5 Å². The highest BCUT2D eigenvalue weighted by Gasteiger charge is 2.27. The number of piperidine rings is 1. The molecule has 0 saturated carbocycles. The van der Waals surface area contributed by atoms with Gasteiger partial charge in [0.15, 0.2) is 0 Å². The number of nitrogens with zero attached hydrogens (tertiary/aromatic N) is 1. The second kappa shape index (κ2) is 6.60. The second-order valence-corrected chi connectivity index (χ2v) is 7.37. The lowest BCUT2D eigenvalue weighted by Gasteiger charge is -2.30. The highest BCUT2D eigenvalue weighted by atomic mass is 32.2. The fourth-order valence-electron chi connectivity index (χ4n) is 2.43. The van der Waals surface area contributed by atoms with Gasteiger partial charge in [-0.15, -0.1) is 0 Å². The Morgan fingerprint density at radius 2 is 2.14 bits per heavy atom. The van der Waals surface area contributed by atoms with Gasteiger partial charge >= 0.3 is 11.8 Å². The van der Waals surface area contributed by atoms with E-state index >= 15 is 0 Å². The van der Waals surface area contributed by atoms with Crippen LogP contribution in [0.15, 0.2) is 29.2 Å². The molecule has 1 atom stereocenters. The van der Waals surface area contributed by atoms with Gasteiger partial charge in [0, 0.05) is 18.8 Å². The van der Waals surface area contributed by atoms with Crippen LogP contribution in [0.2, 0.25) is 0 Å². The van der Waals surface area contributed by atoms with Crippen LogP contribution in [-0.4, -0.2) is 38.2 Å². The summed E-state index contributed by atoms with van der Waals surface area (Å²) in [6, 6.07) is 4.57. The number of likely N-dealkylation sites (tertiary alicyclic amines) is 1. The molecule has 1 aliphatic rings. The van der Waals surface area contributed by atoms with Gasteiger partial charge < -0.3 is 10.2 Å². The van der Waals surface area contributed by atoms with Gasteiger partial charge in [-0.3, -0.25) is 0 Å². The molecule has 0 aromatic heterocycles. The number of alkyl halides is 2. The lowest BCUT2D eigenvalue weighted by molar-refractivity contribution is 0.182. The summed E-state index contributed by atoms with van der Waals surface area (Å²) in [5.74, 6) is -3.08. The van der Waals surface area contributed by atoms with Crippen LogP contribution in [0.5, 0.6) is 0 Å². The molecule has 1 fully saturated rings. The number of hydrogen-bond donors (Lipinski definition) is 1. The van der Waals surface area contributed by atoms with Crippen molar-refractivity contribution in [2.24, 2.45) is 5.92 Å². The monoisotopic (exact) mass is 332 g/mol. The molecule has 1 N–H and O–H groups in total. The molecular weight excluding hydrogens is 314 g/mol. The first-order valence-electron chi connectivity index (χ1n) is 6.98. The number of halogens is 2. The number of benzene rings is 1. The van der Waals surface area contributed by atoms with E-state index in [1.165, 1.54) is 12.1 Å². The summed E-state index contributed by atoms with van der Waals surface area (Å²) in [6.07, 6.45) is 1.97. The van der Waals surface area contributed by atoms with Crippen molar-refractivity contribution in [3.8, 4) is 0 Å². The second-order valence-electron chi connectivity index (χ2n) is 5.46. The zero-order valence-electron chi connectivity index (χ0n) is 12.1. The van der Waals surface area contributed by atoms with Crippen molar-refractivity contribution in [2.45, 2.75) is 30.4 Å². The number of urea groups is 1. The average molecular weight is 332 g/mol. The molecule has 0 aliphatic carbocycles. The lowest BCUT2D eigenvalue weighted by atomic mass is 10.0. The Bertz CT molecular complexity index is 649. The Labute approximate surface area is 128 Å². The molecule has 0 bridgehead atoms. The summed E-state index contributed by atoms with van der Waals surface area (Å²) in [7, 11) is -4.67. The summed E-state index contributed by atoms with van der Waals surface area (Å²) >= 11 is 0. The average Bonchev–Trinajstić information content (AvgIpc) is 2.47. The molecule has 122 valence electrons. The van der Waals surface area contributed by atoms with Crippen LogP contribution in [-0.2, 0) is 9.84 Å². The number of sulfone groups is 1. The van der Waals surface area contributed by atoms with E-state index in [1.54, 1.807) is 4.90 Å². The Hall–Kier alpha value is -1.70. The number of carbonyl (C=O) groups is 1. The molecule has 1 saturated heterocycles. The Balaban J connectivity index is 2.12. The Morgan fingerprint density at radius 3 is 2.77 bits per heavy atom. The van der Waals surface area contributed by atoms with Gasteiger partial charge in [-0.05, 0) is 37.0 Å². The molecule has 2 amide bonds. The van der Waals surface area contributed by atoms with Crippen LogP contribution in [0.1, 0.15) is 19.8 Å². The van der Waals surface area contributed by atoms with E-state index < -0.39 is 20.5 Å². The van der Waals surface area contributed by atoms with Gasteiger partial charge in [0.2, 0.25) is 9.84 Å². The standard InChI is InChI=1S/C14H18F2N2O3S/c1-10-4-3-7-18(9-10)14(19)17-11-5-2-6-12(8-11)22(20,21)13(15)16/h2,5-6,8,10,13H,3-4,7,9H2,1H3,(H,17,19). The maximum absolute atomic E-state index is 12.5. The fourth-order valence-corrected chi connectivity index (χ4v) is 3.20. The molecule has 8 heteroatoms. The summed E-state index contributed by atoms with van der Waals surface area (Å²) in [4.78, 5) is 13.3. The van der Waals surface area contributed by atoms with Gasteiger partial charge in [-0.25, -0.2) is 13.2 Å². The van der Waals surface area contributed by atoms with Crippen molar-refractivity contribution in [1.29, 1.82) is 0 Å².